The summed E-state index contributed by atoms with van der Waals surface area (Å²) in [5.41, 5.74) is 0.786. The third-order valence-electron chi connectivity index (χ3n) is 3.94. The number of hydrogen-bond acceptors (Lipinski definition) is 3. The van der Waals surface area contributed by atoms with Crippen LogP contribution in [0.15, 0.2) is 30.4 Å². The minimum atomic E-state index is -1.02. The highest BCUT2D eigenvalue weighted by molar-refractivity contribution is 6.42. The van der Waals surface area contributed by atoms with E-state index in [2.05, 4.69) is 5.32 Å². The zero-order valence-electron chi connectivity index (χ0n) is 11.3. The third-order valence-corrected chi connectivity index (χ3v) is 4.68. The molecule has 5 nitrogen and oxygen atoms in total. The molecule has 1 amide bonds. The van der Waals surface area contributed by atoms with Crippen LogP contribution in [0.1, 0.15) is 5.56 Å². The van der Waals surface area contributed by atoms with Crippen LogP contribution in [0.3, 0.4) is 0 Å². The summed E-state index contributed by atoms with van der Waals surface area (Å²) in [6.45, 7) is 0.250. The molecular weight excluding hydrogens is 329 g/mol. The molecule has 7 heteroatoms. The van der Waals surface area contributed by atoms with Crippen LogP contribution in [-0.2, 0) is 20.9 Å². The lowest BCUT2D eigenvalue weighted by Gasteiger charge is -2.21. The Balaban J connectivity index is 1.68. The van der Waals surface area contributed by atoms with Gasteiger partial charge in [-0.05, 0) is 17.7 Å². The first kappa shape index (κ1) is 15.3. The topological polar surface area (TPSA) is 75.6 Å². The molecule has 2 N–H and O–H groups in total. The molecule has 0 unspecified atom stereocenters. The molecule has 2 bridgehead atoms. The molecule has 0 aromatic heterocycles. The van der Waals surface area contributed by atoms with E-state index in [0.29, 0.717) is 10.0 Å². The minimum Gasteiger partial charge on any atom is -0.481 e. The second-order valence-electron chi connectivity index (χ2n) is 5.31. The molecule has 0 aliphatic carbocycles. The Morgan fingerprint density at radius 1 is 1.14 bits per heavy atom. The second-order valence-corrected chi connectivity index (χ2v) is 6.12. The Labute approximate surface area is 136 Å². The predicted molar refractivity (Wildman–Crippen MR) is 80.7 cm³/mol. The van der Waals surface area contributed by atoms with Gasteiger partial charge in [0, 0.05) is 6.54 Å². The standard InChI is InChI=1S/C15H13Cl2NO4/c16-8-2-1-7(5-9(8)17)6-18-14(19)12-10-3-4-11(22-10)13(12)15(20)21/h1-5,10-13H,6H2,(H,18,19)(H,20,21)/t10-,11-,12+,13-/m1/s1. The highest BCUT2D eigenvalue weighted by Gasteiger charge is 2.53. The van der Waals surface area contributed by atoms with Crippen molar-refractivity contribution in [1.29, 1.82) is 0 Å². The zero-order valence-corrected chi connectivity index (χ0v) is 12.8. The van der Waals surface area contributed by atoms with Crippen LogP contribution in [0, 0.1) is 11.8 Å². The van der Waals surface area contributed by atoms with Crippen molar-refractivity contribution in [1.82, 2.24) is 5.32 Å². The number of carbonyl (C=O) groups excluding carboxylic acids is 1. The van der Waals surface area contributed by atoms with E-state index in [4.69, 9.17) is 27.9 Å². The minimum absolute atomic E-state index is 0.250. The van der Waals surface area contributed by atoms with Crippen molar-refractivity contribution >= 4 is 35.1 Å². The number of hydrogen-bond donors (Lipinski definition) is 2. The van der Waals surface area contributed by atoms with Gasteiger partial charge in [0.25, 0.3) is 0 Å². The Hall–Kier alpha value is -1.56. The summed E-state index contributed by atoms with van der Waals surface area (Å²) in [6.07, 6.45) is 2.45. The predicted octanol–water partition coefficient (Wildman–Crippen LogP) is 2.26. The first-order chi connectivity index (χ1) is 10.5. The number of fused-ring (bicyclic) bond motifs is 2. The summed E-state index contributed by atoms with van der Waals surface area (Å²) in [6, 6.07) is 5.06. The van der Waals surface area contributed by atoms with Crippen molar-refractivity contribution in [3.8, 4) is 0 Å². The van der Waals surface area contributed by atoms with Crippen LogP contribution in [-0.4, -0.2) is 29.2 Å². The quantitative estimate of drug-likeness (QED) is 0.823. The monoisotopic (exact) mass is 341 g/mol. The molecule has 0 radical (unpaired) electrons. The first-order valence-corrected chi connectivity index (χ1v) is 7.51. The number of carboxylic acid groups (broad SMARTS) is 1. The number of halogens is 2. The highest BCUT2D eigenvalue weighted by atomic mass is 35.5. The fourth-order valence-electron chi connectivity index (χ4n) is 2.87. The number of benzene rings is 1. The number of amides is 1. The molecular formula is C15H13Cl2NO4. The van der Waals surface area contributed by atoms with E-state index in [9.17, 15) is 14.7 Å². The third kappa shape index (κ3) is 2.72. The summed E-state index contributed by atoms with van der Waals surface area (Å²) in [4.78, 5) is 23.7. The van der Waals surface area contributed by atoms with Gasteiger partial charge in [-0.3, -0.25) is 9.59 Å². The van der Waals surface area contributed by atoms with Crippen molar-refractivity contribution in [3.05, 3.63) is 46.0 Å². The highest BCUT2D eigenvalue weighted by Crippen LogP contribution is 2.39. The Bertz CT molecular complexity index is 661. The van der Waals surface area contributed by atoms with Crippen LogP contribution in [0.25, 0.3) is 0 Å². The van der Waals surface area contributed by atoms with E-state index in [1.165, 1.54) is 0 Å². The molecule has 1 aromatic rings. The molecule has 2 heterocycles. The van der Waals surface area contributed by atoms with Crippen molar-refractivity contribution in [2.24, 2.45) is 11.8 Å². The second kappa shape index (κ2) is 5.91. The van der Waals surface area contributed by atoms with Gasteiger partial charge in [0.05, 0.1) is 28.2 Å². The van der Waals surface area contributed by atoms with Crippen molar-refractivity contribution in [2.45, 2.75) is 18.8 Å². The molecule has 1 aromatic carbocycles. The molecule has 116 valence electrons. The first-order valence-electron chi connectivity index (χ1n) is 6.75. The maximum absolute atomic E-state index is 12.3. The number of rotatable bonds is 4. The van der Waals surface area contributed by atoms with Crippen LogP contribution in [0.2, 0.25) is 10.0 Å². The average molecular weight is 342 g/mol. The molecule has 2 aliphatic rings. The molecule has 22 heavy (non-hydrogen) atoms. The molecule has 0 saturated carbocycles. The van der Waals surface area contributed by atoms with Crippen LogP contribution in [0.5, 0.6) is 0 Å². The van der Waals surface area contributed by atoms with Gasteiger partial charge >= 0.3 is 5.97 Å². The van der Waals surface area contributed by atoms with Crippen LogP contribution < -0.4 is 5.32 Å². The summed E-state index contributed by atoms with van der Waals surface area (Å²) in [5, 5.41) is 12.9. The average Bonchev–Trinajstić information content (AvgIpc) is 3.08. The molecule has 1 fully saturated rings. The molecule has 0 spiro atoms. The Kier molecular flexibility index (Phi) is 4.12. The molecule has 3 rings (SSSR count). The van der Waals surface area contributed by atoms with Gasteiger partial charge in [0.2, 0.25) is 5.91 Å². The smallest absolute Gasteiger partial charge is 0.310 e. The van der Waals surface area contributed by atoms with E-state index in [0.717, 1.165) is 5.56 Å². The summed E-state index contributed by atoms with van der Waals surface area (Å²) in [7, 11) is 0. The van der Waals surface area contributed by atoms with Crippen LogP contribution >= 0.6 is 23.2 Å². The summed E-state index contributed by atoms with van der Waals surface area (Å²) < 4.78 is 5.48. The fraction of sp³-hybridized carbons (Fsp3) is 0.333. The van der Waals surface area contributed by atoms with E-state index in [1.54, 1.807) is 30.4 Å². The number of carboxylic acids is 1. The van der Waals surface area contributed by atoms with Crippen molar-refractivity contribution < 1.29 is 19.4 Å². The summed E-state index contributed by atoms with van der Waals surface area (Å²) in [5.74, 6) is -2.92. The summed E-state index contributed by atoms with van der Waals surface area (Å²) >= 11 is 11.8. The van der Waals surface area contributed by atoms with Gasteiger partial charge in [-0.1, -0.05) is 41.4 Å². The molecule has 1 saturated heterocycles. The van der Waals surface area contributed by atoms with Gasteiger partial charge in [-0.15, -0.1) is 0 Å². The van der Waals surface area contributed by atoms with E-state index in [-0.39, 0.29) is 12.5 Å². The number of carbonyl (C=O) groups is 2. The van der Waals surface area contributed by atoms with Gasteiger partial charge in [-0.25, -0.2) is 0 Å². The Morgan fingerprint density at radius 2 is 1.82 bits per heavy atom. The number of nitrogens with one attached hydrogen (secondary N) is 1. The largest absolute Gasteiger partial charge is 0.481 e. The number of ether oxygens (including phenoxy) is 1. The van der Waals surface area contributed by atoms with E-state index in [1.807, 2.05) is 0 Å². The van der Waals surface area contributed by atoms with Crippen LogP contribution in [0.4, 0.5) is 0 Å². The maximum Gasteiger partial charge on any atom is 0.310 e. The molecule has 4 atom stereocenters. The van der Waals surface area contributed by atoms with E-state index < -0.39 is 30.0 Å². The normalized spacial score (nSPS) is 28.8. The van der Waals surface area contributed by atoms with Gasteiger partial charge in [0.1, 0.15) is 5.92 Å². The Morgan fingerprint density at radius 3 is 2.45 bits per heavy atom. The van der Waals surface area contributed by atoms with Crippen molar-refractivity contribution in [3.63, 3.8) is 0 Å². The SMILES string of the molecule is O=C(NCc1ccc(Cl)c(Cl)c1)[C@@H]1[C@H](C(=O)O)[C@H]2C=C[C@H]1O2. The lowest BCUT2D eigenvalue weighted by molar-refractivity contribution is -0.146. The number of aliphatic carboxylic acids is 1. The van der Waals surface area contributed by atoms with Crippen molar-refractivity contribution in [2.75, 3.05) is 0 Å². The molecule has 2 aliphatic heterocycles. The van der Waals surface area contributed by atoms with E-state index >= 15 is 0 Å². The lowest BCUT2D eigenvalue weighted by atomic mass is 9.82. The van der Waals surface area contributed by atoms with Gasteiger partial charge < -0.3 is 15.2 Å². The zero-order chi connectivity index (χ0) is 15.9. The lowest BCUT2D eigenvalue weighted by Crippen LogP contribution is -2.42. The van der Waals surface area contributed by atoms with Gasteiger partial charge in [0.15, 0.2) is 0 Å². The van der Waals surface area contributed by atoms with Gasteiger partial charge in [-0.2, -0.15) is 0 Å². The maximum atomic E-state index is 12.3. The fourth-order valence-corrected chi connectivity index (χ4v) is 3.19.